The van der Waals surface area contributed by atoms with Crippen molar-refractivity contribution in [3.63, 3.8) is 0 Å². The molecule has 3 rings (SSSR count). The first kappa shape index (κ1) is 11.3. The molecule has 1 aliphatic rings. The van der Waals surface area contributed by atoms with E-state index >= 15 is 0 Å². The maximum absolute atomic E-state index is 13.3. The van der Waals surface area contributed by atoms with Crippen molar-refractivity contribution in [2.75, 3.05) is 5.73 Å². The van der Waals surface area contributed by atoms with Crippen LogP contribution in [0.4, 0.5) is 10.3 Å². The quantitative estimate of drug-likeness (QED) is 0.878. The molecule has 1 saturated carbocycles. The minimum Gasteiger partial charge on any atom is -0.367 e. The number of nitrogens with two attached hydrogens (primary N) is 1. The lowest BCUT2D eigenvalue weighted by molar-refractivity contribution is 0.420. The number of nitrogen functional groups attached to an aromatic ring is 1. The molecule has 2 aromatic rings. The largest absolute Gasteiger partial charge is 0.367 e. The van der Waals surface area contributed by atoms with E-state index in [0.29, 0.717) is 5.92 Å². The molecule has 1 aliphatic carbocycles. The molecule has 1 aromatic heterocycles. The smallest absolute Gasteiger partial charge is 0.230 e. The fourth-order valence-corrected chi connectivity index (χ4v) is 2.73. The van der Waals surface area contributed by atoms with E-state index in [4.69, 9.17) is 10.3 Å². The number of aromatic nitrogens is 1. The monoisotopic (exact) mass is 246 g/mol. The van der Waals surface area contributed by atoms with Gasteiger partial charge in [0.2, 0.25) is 5.88 Å². The zero-order valence-corrected chi connectivity index (χ0v) is 10.0. The summed E-state index contributed by atoms with van der Waals surface area (Å²) in [7, 11) is 0. The first-order valence-electron chi connectivity index (χ1n) is 6.26. The van der Waals surface area contributed by atoms with Crippen LogP contribution in [0, 0.1) is 5.82 Å². The van der Waals surface area contributed by atoms with Crippen LogP contribution < -0.4 is 5.73 Å². The van der Waals surface area contributed by atoms with E-state index in [0.717, 1.165) is 29.7 Å². The maximum atomic E-state index is 13.3. The molecule has 4 heteroatoms. The van der Waals surface area contributed by atoms with Crippen molar-refractivity contribution in [2.24, 2.45) is 0 Å². The maximum Gasteiger partial charge on any atom is 0.230 e. The molecule has 0 saturated heterocycles. The molecule has 0 amide bonds. The number of rotatable bonds is 2. The number of benzene rings is 1. The van der Waals surface area contributed by atoms with E-state index in [2.05, 4.69) is 5.16 Å². The average Bonchev–Trinajstić information content (AvgIpc) is 2.97. The molecule has 0 aliphatic heterocycles. The van der Waals surface area contributed by atoms with Gasteiger partial charge in [0.25, 0.3) is 0 Å². The third kappa shape index (κ3) is 1.88. The van der Waals surface area contributed by atoms with Crippen LogP contribution in [0.5, 0.6) is 0 Å². The van der Waals surface area contributed by atoms with Gasteiger partial charge in [-0.05, 0) is 30.5 Å². The Balaban J connectivity index is 2.07. The second-order valence-electron chi connectivity index (χ2n) is 4.80. The van der Waals surface area contributed by atoms with Gasteiger partial charge in [0.15, 0.2) is 0 Å². The number of nitrogens with zero attached hydrogens (tertiary/aromatic N) is 1. The van der Waals surface area contributed by atoms with Crippen molar-refractivity contribution in [1.82, 2.24) is 5.16 Å². The van der Waals surface area contributed by atoms with Crippen LogP contribution in [0.2, 0.25) is 0 Å². The molecule has 1 aromatic carbocycles. The highest BCUT2D eigenvalue weighted by Crippen LogP contribution is 2.41. The van der Waals surface area contributed by atoms with Crippen LogP contribution in [-0.4, -0.2) is 5.16 Å². The average molecular weight is 246 g/mol. The standard InChI is InChI=1S/C14H15FN2O/c15-11-7-3-6-10(8-11)12-13(17-18-14(12)16)9-4-1-2-5-9/h3,6-9H,1-2,4-5,16H2. The van der Waals surface area contributed by atoms with Crippen molar-refractivity contribution in [1.29, 1.82) is 0 Å². The van der Waals surface area contributed by atoms with E-state index < -0.39 is 0 Å². The van der Waals surface area contributed by atoms with Crippen LogP contribution >= 0.6 is 0 Å². The van der Waals surface area contributed by atoms with Crippen molar-refractivity contribution < 1.29 is 8.91 Å². The van der Waals surface area contributed by atoms with Gasteiger partial charge in [-0.15, -0.1) is 0 Å². The van der Waals surface area contributed by atoms with Gasteiger partial charge in [0.1, 0.15) is 5.82 Å². The fourth-order valence-electron chi connectivity index (χ4n) is 2.73. The van der Waals surface area contributed by atoms with Crippen molar-refractivity contribution in [2.45, 2.75) is 31.6 Å². The lowest BCUT2D eigenvalue weighted by atomic mass is 9.96. The number of anilines is 1. The normalized spacial score (nSPS) is 16.3. The molecule has 18 heavy (non-hydrogen) atoms. The van der Waals surface area contributed by atoms with Gasteiger partial charge in [-0.2, -0.15) is 0 Å². The number of halogens is 1. The molecule has 0 unspecified atom stereocenters. The summed E-state index contributed by atoms with van der Waals surface area (Å²) >= 11 is 0. The molecule has 2 N–H and O–H groups in total. The van der Waals surface area contributed by atoms with Gasteiger partial charge in [0.05, 0.1) is 11.3 Å². The molecule has 94 valence electrons. The molecule has 1 heterocycles. The third-order valence-electron chi connectivity index (χ3n) is 3.60. The van der Waals surface area contributed by atoms with Crippen LogP contribution in [0.1, 0.15) is 37.3 Å². The van der Waals surface area contributed by atoms with Crippen molar-refractivity contribution in [3.8, 4) is 11.1 Å². The summed E-state index contributed by atoms with van der Waals surface area (Å²) < 4.78 is 18.4. The minimum atomic E-state index is -0.273. The molecule has 3 nitrogen and oxygen atoms in total. The van der Waals surface area contributed by atoms with Gasteiger partial charge in [0, 0.05) is 5.92 Å². The van der Waals surface area contributed by atoms with Crippen LogP contribution in [0.3, 0.4) is 0 Å². The zero-order valence-electron chi connectivity index (χ0n) is 10.0. The summed E-state index contributed by atoms with van der Waals surface area (Å²) in [5, 5.41) is 4.08. The Morgan fingerprint density at radius 2 is 2.06 bits per heavy atom. The Kier molecular flexibility index (Phi) is 2.78. The van der Waals surface area contributed by atoms with Gasteiger partial charge in [-0.25, -0.2) is 4.39 Å². The Labute approximate surface area is 105 Å². The van der Waals surface area contributed by atoms with Gasteiger partial charge in [-0.3, -0.25) is 0 Å². The molecule has 1 fully saturated rings. The number of hydrogen-bond acceptors (Lipinski definition) is 3. The third-order valence-corrected chi connectivity index (χ3v) is 3.60. The predicted octanol–water partition coefficient (Wildman–Crippen LogP) is 3.72. The summed E-state index contributed by atoms with van der Waals surface area (Å²) in [6.45, 7) is 0. The second kappa shape index (κ2) is 4.44. The van der Waals surface area contributed by atoms with Crippen LogP contribution in [0.25, 0.3) is 11.1 Å². The fraction of sp³-hybridized carbons (Fsp3) is 0.357. The molecule has 0 spiro atoms. The Morgan fingerprint density at radius 3 is 2.78 bits per heavy atom. The summed E-state index contributed by atoms with van der Waals surface area (Å²) in [5.74, 6) is 0.400. The lowest BCUT2D eigenvalue weighted by Gasteiger charge is -2.08. The Morgan fingerprint density at radius 1 is 1.28 bits per heavy atom. The summed E-state index contributed by atoms with van der Waals surface area (Å²) in [6.07, 6.45) is 4.63. The van der Waals surface area contributed by atoms with Gasteiger partial charge < -0.3 is 10.3 Å². The first-order valence-corrected chi connectivity index (χ1v) is 6.26. The van der Waals surface area contributed by atoms with Gasteiger partial charge in [-0.1, -0.05) is 30.1 Å². The lowest BCUT2D eigenvalue weighted by Crippen LogP contribution is -1.96. The molecular weight excluding hydrogens is 231 g/mol. The zero-order chi connectivity index (χ0) is 12.5. The van der Waals surface area contributed by atoms with Crippen molar-refractivity contribution in [3.05, 3.63) is 35.8 Å². The SMILES string of the molecule is Nc1onc(C2CCCC2)c1-c1cccc(F)c1. The van der Waals surface area contributed by atoms with Crippen molar-refractivity contribution >= 4 is 5.88 Å². The summed E-state index contributed by atoms with van der Waals surface area (Å²) in [6, 6.07) is 6.41. The minimum absolute atomic E-state index is 0.273. The topological polar surface area (TPSA) is 52.0 Å². The van der Waals surface area contributed by atoms with E-state index in [1.807, 2.05) is 6.07 Å². The predicted molar refractivity (Wildman–Crippen MR) is 67.5 cm³/mol. The Bertz CT molecular complexity index is 559. The van der Waals surface area contributed by atoms with E-state index in [1.165, 1.54) is 25.0 Å². The van der Waals surface area contributed by atoms with E-state index in [9.17, 15) is 4.39 Å². The summed E-state index contributed by atoms with van der Waals surface area (Å²) in [5.41, 5.74) is 8.24. The highest BCUT2D eigenvalue weighted by atomic mass is 19.1. The number of hydrogen-bond donors (Lipinski definition) is 1. The first-order chi connectivity index (χ1) is 8.75. The van der Waals surface area contributed by atoms with E-state index in [-0.39, 0.29) is 11.7 Å². The highest BCUT2D eigenvalue weighted by molar-refractivity contribution is 5.75. The second-order valence-corrected chi connectivity index (χ2v) is 4.80. The Hall–Kier alpha value is -1.84. The van der Waals surface area contributed by atoms with Gasteiger partial charge >= 0.3 is 0 Å². The highest BCUT2D eigenvalue weighted by Gasteiger charge is 2.26. The summed E-state index contributed by atoms with van der Waals surface area (Å²) in [4.78, 5) is 0. The molecular formula is C14H15FN2O. The van der Waals surface area contributed by atoms with Crippen LogP contribution in [0.15, 0.2) is 28.8 Å². The van der Waals surface area contributed by atoms with Crippen LogP contribution in [-0.2, 0) is 0 Å². The molecule has 0 atom stereocenters. The molecule has 0 bridgehead atoms. The molecule has 0 radical (unpaired) electrons. The van der Waals surface area contributed by atoms with E-state index in [1.54, 1.807) is 6.07 Å².